The second kappa shape index (κ2) is 11.0. The summed E-state index contributed by atoms with van der Waals surface area (Å²) in [6, 6.07) is 6.80. The first-order chi connectivity index (χ1) is 17.3. The molecular weight excluding hydrogens is 513 g/mol. The number of aromatic nitrogens is 3. The van der Waals surface area contributed by atoms with E-state index in [1.165, 1.54) is 6.07 Å². The summed E-state index contributed by atoms with van der Waals surface area (Å²) in [6.07, 6.45) is -2.72. The van der Waals surface area contributed by atoms with E-state index in [9.17, 15) is 40.3 Å². The monoisotopic (exact) mass is 532 g/mol. The molecule has 1 aromatic carbocycles. The number of rotatable bonds is 4. The van der Waals surface area contributed by atoms with Crippen molar-refractivity contribution in [2.24, 2.45) is 0 Å². The number of anilines is 1. The summed E-state index contributed by atoms with van der Waals surface area (Å²) in [5, 5.41) is 6.73. The van der Waals surface area contributed by atoms with Gasteiger partial charge in [0.2, 0.25) is 0 Å². The fourth-order valence-electron chi connectivity index (χ4n) is 3.54. The number of nitrogens with zero attached hydrogens (tertiary/aromatic N) is 2. The minimum Gasteiger partial charge on any atom is -0.482 e. The number of nitrogen functional groups attached to an aromatic ring is 1. The molecule has 0 saturated carbocycles. The van der Waals surface area contributed by atoms with E-state index in [1.54, 1.807) is 24.7 Å². The van der Waals surface area contributed by atoms with Gasteiger partial charge in [-0.3, -0.25) is 14.7 Å². The molecule has 2 heterocycles. The lowest BCUT2D eigenvalue weighted by atomic mass is 10.0. The number of halogens is 7. The normalized spacial score (nSPS) is 15.6. The zero-order chi connectivity index (χ0) is 27.4. The van der Waals surface area contributed by atoms with Crippen LogP contribution in [-0.2, 0) is 16.0 Å². The molecule has 7 nitrogen and oxygen atoms in total. The summed E-state index contributed by atoms with van der Waals surface area (Å²) < 4.78 is 86.9. The number of carbonyl (C=O) groups is 2. The number of benzene rings is 1. The Hall–Kier alpha value is -3.97. The Morgan fingerprint density at radius 3 is 2.24 bits per heavy atom. The Balaban J connectivity index is 0.000000270. The average Bonchev–Trinajstić information content (AvgIpc) is 3.29. The molecule has 14 heteroatoms. The largest absolute Gasteiger partial charge is 0.482 e. The summed E-state index contributed by atoms with van der Waals surface area (Å²) in [7, 11) is 0. The lowest BCUT2D eigenvalue weighted by Crippen LogP contribution is -2.39. The maximum atomic E-state index is 13.8. The predicted octanol–water partition coefficient (Wildman–Crippen LogP) is 5.29. The number of hydrogen-bond acceptors (Lipinski definition) is 6. The quantitative estimate of drug-likeness (QED) is 0.269. The van der Waals surface area contributed by atoms with Gasteiger partial charge in [0.15, 0.2) is 11.6 Å². The number of hydrogen-bond donors (Lipinski definition) is 2. The van der Waals surface area contributed by atoms with Crippen molar-refractivity contribution in [2.75, 3.05) is 5.73 Å². The molecule has 3 N–H and O–H groups in total. The van der Waals surface area contributed by atoms with Crippen molar-refractivity contribution in [1.29, 1.82) is 0 Å². The second-order valence-electron chi connectivity index (χ2n) is 7.94. The third-order valence-corrected chi connectivity index (χ3v) is 5.32. The molecule has 1 atom stereocenters. The third kappa shape index (κ3) is 7.05. The number of ketones is 2. The van der Waals surface area contributed by atoms with Crippen molar-refractivity contribution in [1.82, 2.24) is 15.2 Å². The molecule has 1 aliphatic carbocycles. The van der Waals surface area contributed by atoms with Gasteiger partial charge in [0, 0.05) is 23.5 Å². The van der Waals surface area contributed by atoms with Crippen LogP contribution < -0.4 is 10.5 Å². The number of aromatic amines is 1. The molecule has 1 aliphatic rings. The van der Waals surface area contributed by atoms with Crippen LogP contribution in [0.3, 0.4) is 0 Å². The summed E-state index contributed by atoms with van der Waals surface area (Å²) in [5.74, 6) is -6.22. The number of ether oxygens (including phenoxy) is 1. The molecule has 1 unspecified atom stereocenters. The lowest BCUT2D eigenvalue weighted by molar-refractivity contribution is -0.193. The fourth-order valence-corrected chi connectivity index (χ4v) is 3.54. The van der Waals surface area contributed by atoms with E-state index in [4.69, 9.17) is 10.5 Å². The maximum absolute atomic E-state index is 13.8. The molecule has 37 heavy (non-hydrogen) atoms. The van der Waals surface area contributed by atoms with Gasteiger partial charge < -0.3 is 10.5 Å². The summed E-state index contributed by atoms with van der Waals surface area (Å²) >= 11 is 0. The molecule has 3 aromatic rings. The number of nitrogens with one attached hydrogen (secondary N) is 1. The maximum Gasteiger partial charge on any atom is 0.458 e. The third-order valence-electron chi connectivity index (χ3n) is 5.32. The number of pyridine rings is 1. The number of fused-ring (bicyclic) bond motifs is 1. The van der Waals surface area contributed by atoms with E-state index in [1.807, 2.05) is 12.1 Å². The van der Waals surface area contributed by atoms with Crippen molar-refractivity contribution in [3.05, 3.63) is 59.8 Å². The number of aryl methyl sites for hydroxylation is 1. The Morgan fingerprint density at radius 2 is 1.65 bits per heavy atom. The zero-order valence-electron chi connectivity index (χ0n) is 18.8. The first-order valence-electron chi connectivity index (χ1n) is 10.7. The van der Waals surface area contributed by atoms with E-state index in [-0.39, 0.29) is 11.9 Å². The highest BCUT2D eigenvalue weighted by Gasteiger charge is 2.54. The van der Waals surface area contributed by atoms with Crippen LogP contribution >= 0.6 is 0 Å². The van der Waals surface area contributed by atoms with Gasteiger partial charge in [-0.2, -0.15) is 31.4 Å². The van der Waals surface area contributed by atoms with Gasteiger partial charge in [-0.1, -0.05) is 6.07 Å². The van der Waals surface area contributed by atoms with E-state index in [2.05, 4.69) is 15.2 Å². The number of H-pyrrole nitrogens is 1. The van der Waals surface area contributed by atoms with Crippen LogP contribution in [0.15, 0.2) is 42.9 Å². The smallest absolute Gasteiger partial charge is 0.458 e. The van der Waals surface area contributed by atoms with Crippen LogP contribution in [0.4, 0.5) is 36.6 Å². The minimum absolute atomic E-state index is 0.225. The van der Waals surface area contributed by atoms with Gasteiger partial charge in [-0.15, -0.1) is 0 Å². The molecule has 0 spiro atoms. The van der Waals surface area contributed by atoms with Gasteiger partial charge in [0.1, 0.15) is 11.9 Å². The predicted molar refractivity (Wildman–Crippen MR) is 116 cm³/mol. The van der Waals surface area contributed by atoms with Crippen molar-refractivity contribution < 1.29 is 45.1 Å². The van der Waals surface area contributed by atoms with Gasteiger partial charge in [-0.05, 0) is 55.0 Å². The molecular formula is C23H19F7N4O3. The van der Waals surface area contributed by atoms with E-state index >= 15 is 0 Å². The summed E-state index contributed by atoms with van der Waals surface area (Å²) in [4.78, 5) is 23.5. The number of carbonyl (C=O) groups excluding carboxylic acids is 2. The summed E-state index contributed by atoms with van der Waals surface area (Å²) in [5.41, 5.74) is 9.84. The Labute approximate surface area is 204 Å². The second-order valence-corrected chi connectivity index (χ2v) is 7.94. The van der Waals surface area contributed by atoms with Crippen molar-refractivity contribution in [3.63, 3.8) is 0 Å². The molecule has 2 aromatic heterocycles. The molecule has 4 rings (SSSR count). The lowest BCUT2D eigenvalue weighted by Gasteiger charge is -2.21. The van der Waals surface area contributed by atoms with Crippen molar-refractivity contribution >= 4 is 17.4 Å². The van der Waals surface area contributed by atoms with Crippen LogP contribution in [0.1, 0.15) is 36.5 Å². The number of nitrogens with two attached hydrogens (primary N) is 1. The van der Waals surface area contributed by atoms with Crippen LogP contribution in [0.2, 0.25) is 0 Å². The van der Waals surface area contributed by atoms with Crippen molar-refractivity contribution in [2.45, 2.75) is 44.1 Å². The van der Waals surface area contributed by atoms with E-state index in [0.29, 0.717) is 11.6 Å². The average molecular weight is 532 g/mol. The van der Waals surface area contributed by atoms with Gasteiger partial charge in [0.25, 0.3) is 0 Å². The van der Waals surface area contributed by atoms with Gasteiger partial charge in [-0.25, -0.2) is 9.37 Å². The van der Waals surface area contributed by atoms with Gasteiger partial charge >= 0.3 is 23.9 Å². The van der Waals surface area contributed by atoms with Crippen LogP contribution in [0, 0.1) is 5.82 Å². The van der Waals surface area contributed by atoms with E-state index in [0.717, 1.165) is 47.9 Å². The molecule has 0 amide bonds. The highest BCUT2D eigenvalue weighted by molar-refractivity contribution is 6.41. The van der Waals surface area contributed by atoms with Gasteiger partial charge in [0.05, 0.1) is 6.20 Å². The molecule has 0 fully saturated rings. The van der Waals surface area contributed by atoms with E-state index < -0.39 is 23.9 Å². The molecule has 0 aliphatic heterocycles. The Kier molecular flexibility index (Phi) is 8.18. The topological polar surface area (TPSA) is 111 Å². The van der Waals surface area contributed by atoms with Crippen LogP contribution in [0.25, 0.3) is 11.1 Å². The molecule has 198 valence electrons. The molecule has 0 radical (unpaired) electrons. The van der Waals surface area contributed by atoms with Crippen LogP contribution in [0.5, 0.6) is 5.75 Å². The van der Waals surface area contributed by atoms with Crippen molar-refractivity contribution in [3.8, 4) is 16.9 Å². The highest BCUT2D eigenvalue weighted by atomic mass is 19.4. The molecule has 0 bridgehead atoms. The summed E-state index contributed by atoms with van der Waals surface area (Å²) in [6.45, 7) is 0. The number of alkyl halides is 6. The SMILES string of the molecule is Nc1ncc(-c2cn[nH]c2)cc1OC1CCCCc2ccc(F)cc21.O=C(C(=O)C(F)(F)F)C(F)(F)F. The Morgan fingerprint density at radius 1 is 0.973 bits per heavy atom. The minimum atomic E-state index is -5.77. The first-order valence-corrected chi connectivity index (χ1v) is 10.7. The first kappa shape index (κ1) is 27.6. The van der Waals surface area contributed by atoms with Crippen LogP contribution in [-0.4, -0.2) is 39.1 Å². The standard InChI is InChI=1S/C19H19FN4O.C4F6O2/c20-15-6-5-12-3-1-2-4-17(16(12)8-15)25-18-7-13(9-22-19(18)21)14-10-23-24-11-14;5-3(6,7)1(11)2(12)4(8,9)10/h5-11,17H,1-4H2,(H2,21,22)(H,23,24);. The Bertz CT molecular complexity index is 1230. The zero-order valence-corrected chi connectivity index (χ0v) is 18.8. The molecule has 0 saturated heterocycles. The number of Topliss-reactive ketones (excluding diaryl/α,β-unsaturated/α-hetero) is 2. The highest BCUT2D eigenvalue weighted by Crippen LogP contribution is 2.36. The fraction of sp³-hybridized carbons (Fsp3) is 0.304.